The number of rotatable bonds is 4. The largest absolute Gasteiger partial charge is 0.334 e. The third kappa shape index (κ3) is 4.42. The minimum atomic E-state index is -3.77. The Morgan fingerprint density at radius 3 is 2.82 bits per heavy atom. The number of amides is 1. The minimum Gasteiger partial charge on any atom is -0.334 e. The second-order valence-electron chi connectivity index (χ2n) is 5.52. The number of carbonyl (C=O) groups excluding carboxylic acids is 1. The quantitative estimate of drug-likeness (QED) is 0.864. The molecule has 1 heterocycles. The maximum Gasteiger partial charge on any atom is 0.274 e. The summed E-state index contributed by atoms with van der Waals surface area (Å²) in [5, 5.41) is 5.37. The van der Waals surface area contributed by atoms with Gasteiger partial charge in [0.15, 0.2) is 0 Å². The van der Waals surface area contributed by atoms with E-state index in [1.54, 1.807) is 17.0 Å². The van der Waals surface area contributed by atoms with Crippen LogP contribution >= 0.6 is 11.6 Å². The van der Waals surface area contributed by atoms with E-state index in [9.17, 15) is 13.2 Å². The van der Waals surface area contributed by atoms with Gasteiger partial charge in [-0.05, 0) is 43.9 Å². The van der Waals surface area contributed by atoms with Crippen molar-refractivity contribution in [2.75, 3.05) is 13.1 Å². The van der Waals surface area contributed by atoms with Gasteiger partial charge in [0.2, 0.25) is 0 Å². The maximum absolute atomic E-state index is 12.7. The molecule has 6 nitrogen and oxygen atoms in total. The SMILES string of the molecule is Cc1ccc(C(=O)N2CCCCC2CNS(N)(=O)=O)c(Cl)c1. The lowest BCUT2D eigenvalue weighted by Crippen LogP contribution is -2.50. The van der Waals surface area contributed by atoms with Crippen LogP contribution in [0.2, 0.25) is 5.02 Å². The van der Waals surface area contributed by atoms with Crippen molar-refractivity contribution < 1.29 is 13.2 Å². The topological polar surface area (TPSA) is 92.5 Å². The lowest BCUT2D eigenvalue weighted by atomic mass is 10.0. The van der Waals surface area contributed by atoms with Crippen LogP contribution in [0, 0.1) is 6.92 Å². The first-order chi connectivity index (χ1) is 10.3. The van der Waals surface area contributed by atoms with Crippen molar-refractivity contribution in [2.24, 2.45) is 5.14 Å². The van der Waals surface area contributed by atoms with Crippen LogP contribution in [0.4, 0.5) is 0 Å². The molecule has 8 heteroatoms. The molecule has 1 aromatic rings. The van der Waals surface area contributed by atoms with Crippen LogP contribution in [0.15, 0.2) is 18.2 Å². The summed E-state index contributed by atoms with van der Waals surface area (Å²) in [6.07, 6.45) is 2.57. The van der Waals surface area contributed by atoms with E-state index in [0.29, 0.717) is 17.1 Å². The van der Waals surface area contributed by atoms with Crippen molar-refractivity contribution in [1.29, 1.82) is 0 Å². The zero-order chi connectivity index (χ0) is 16.3. The van der Waals surface area contributed by atoms with E-state index < -0.39 is 10.2 Å². The van der Waals surface area contributed by atoms with Crippen molar-refractivity contribution in [3.05, 3.63) is 34.3 Å². The van der Waals surface area contributed by atoms with Gasteiger partial charge in [0.05, 0.1) is 10.6 Å². The van der Waals surface area contributed by atoms with Gasteiger partial charge in [-0.3, -0.25) is 4.79 Å². The van der Waals surface area contributed by atoms with Crippen LogP contribution in [0.5, 0.6) is 0 Å². The number of aryl methyl sites for hydroxylation is 1. The monoisotopic (exact) mass is 345 g/mol. The predicted octanol–water partition coefficient (Wildman–Crippen LogP) is 1.44. The van der Waals surface area contributed by atoms with Gasteiger partial charge in [-0.1, -0.05) is 17.7 Å². The normalized spacial score (nSPS) is 19.2. The molecule has 0 bridgehead atoms. The van der Waals surface area contributed by atoms with Crippen molar-refractivity contribution in [1.82, 2.24) is 9.62 Å². The number of nitrogens with two attached hydrogens (primary N) is 1. The van der Waals surface area contributed by atoms with Gasteiger partial charge in [0.1, 0.15) is 0 Å². The molecule has 1 aliphatic heterocycles. The fourth-order valence-corrected chi connectivity index (χ4v) is 3.38. The second kappa shape index (κ2) is 6.95. The Bertz CT molecular complexity index is 663. The van der Waals surface area contributed by atoms with E-state index in [2.05, 4.69) is 4.72 Å². The highest BCUT2D eigenvalue weighted by atomic mass is 35.5. The number of nitrogens with zero attached hydrogens (tertiary/aromatic N) is 1. The van der Waals surface area contributed by atoms with Crippen molar-refractivity contribution in [3.8, 4) is 0 Å². The molecule has 1 amide bonds. The summed E-state index contributed by atoms with van der Waals surface area (Å²) in [5.41, 5.74) is 1.42. The molecule has 0 aliphatic carbocycles. The number of halogens is 1. The Balaban J connectivity index is 2.17. The summed E-state index contributed by atoms with van der Waals surface area (Å²) in [6.45, 7) is 2.61. The Kier molecular flexibility index (Phi) is 5.44. The molecule has 2 rings (SSSR count). The zero-order valence-electron chi connectivity index (χ0n) is 12.4. The number of benzene rings is 1. The molecular formula is C14H20ClN3O3S. The standard InChI is InChI=1S/C14H20ClN3O3S/c1-10-5-6-12(13(15)8-10)14(19)18-7-3-2-4-11(18)9-17-22(16,20)21/h5-6,8,11,17H,2-4,7,9H2,1H3,(H2,16,20,21). The van der Waals surface area contributed by atoms with Crippen molar-refractivity contribution >= 4 is 27.7 Å². The van der Waals surface area contributed by atoms with E-state index in [-0.39, 0.29) is 18.5 Å². The van der Waals surface area contributed by atoms with Crippen LogP contribution in [0.3, 0.4) is 0 Å². The van der Waals surface area contributed by atoms with Crippen molar-refractivity contribution in [3.63, 3.8) is 0 Å². The van der Waals surface area contributed by atoms with Gasteiger partial charge in [0, 0.05) is 19.1 Å². The average Bonchev–Trinajstić information content (AvgIpc) is 2.44. The summed E-state index contributed by atoms with van der Waals surface area (Å²) in [6, 6.07) is 5.08. The first-order valence-corrected chi connectivity index (χ1v) is 9.05. The predicted molar refractivity (Wildman–Crippen MR) is 86.0 cm³/mol. The highest BCUT2D eigenvalue weighted by Gasteiger charge is 2.29. The Labute approximate surface area is 135 Å². The molecular weight excluding hydrogens is 326 g/mol. The molecule has 1 unspecified atom stereocenters. The summed E-state index contributed by atoms with van der Waals surface area (Å²) in [5.74, 6) is -0.175. The van der Waals surface area contributed by atoms with Gasteiger partial charge >= 0.3 is 0 Å². The van der Waals surface area contributed by atoms with Crippen LogP contribution in [-0.2, 0) is 10.2 Å². The molecule has 1 fully saturated rings. The van der Waals surface area contributed by atoms with Crippen LogP contribution in [0.25, 0.3) is 0 Å². The fraction of sp³-hybridized carbons (Fsp3) is 0.500. The molecule has 1 aliphatic rings. The third-order valence-corrected chi connectivity index (χ3v) is 4.64. The van der Waals surface area contributed by atoms with Gasteiger partial charge in [0.25, 0.3) is 16.1 Å². The van der Waals surface area contributed by atoms with Gasteiger partial charge in [-0.15, -0.1) is 0 Å². The van der Waals surface area contributed by atoms with E-state index in [1.807, 2.05) is 13.0 Å². The average molecular weight is 346 g/mol. The summed E-state index contributed by atoms with van der Waals surface area (Å²) in [4.78, 5) is 14.4. The fourth-order valence-electron chi connectivity index (χ4n) is 2.64. The Morgan fingerprint density at radius 1 is 1.45 bits per heavy atom. The van der Waals surface area contributed by atoms with Gasteiger partial charge < -0.3 is 4.90 Å². The highest BCUT2D eigenvalue weighted by Crippen LogP contribution is 2.24. The number of hydrogen-bond donors (Lipinski definition) is 2. The van der Waals surface area contributed by atoms with Crippen LogP contribution < -0.4 is 9.86 Å². The molecule has 0 radical (unpaired) electrons. The summed E-state index contributed by atoms with van der Waals surface area (Å²) >= 11 is 6.16. The minimum absolute atomic E-state index is 0.119. The number of hydrogen-bond acceptors (Lipinski definition) is 3. The number of likely N-dealkylation sites (tertiary alicyclic amines) is 1. The van der Waals surface area contributed by atoms with Crippen LogP contribution in [0.1, 0.15) is 35.2 Å². The lowest BCUT2D eigenvalue weighted by molar-refractivity contribution is 0.0619. The van der Waals surface area contributed by atoms with E-state index in [4.69, 9.17) is 16.7 Å². The van der Waals surface area contributed by atoms with Gasteiger partial charge in [-0.25, -0.2) is 9.86 Å². The number of carbonyl (C=O) groups is 1. The molecule has 0 aromatic heterocycles. The number of piperidine rings is 1. The first kappa shape index (κ1) is 17.2. The van der Waals surface area contributed by atoms with E-state index in [0.717, 1.165) is 24.8 Å². The summed E-state index contributed by atoms with van der Waals surface area (Å²) in [7, 11) is -3.77. The number of nitrogens with one attached hydrogen (secondary N) is 1. The van der Waals surface area contributed by atoms with E-state index >= 15 is 0 Å². The highest BCUT2D eigenvalue weighted by molar-refractivity contribution is 7.87. The molecule has 122 valence electrons. The smallest absolute Gasteiger partial charge is 0.274 e. The Hall–Kier alpha value is -1.15. The Morgan fingerprint density at radius 2 is 2.18 bits per heavy atom. The molecule has 1 atom stereocenters. The second-order valence-corrected chi connectivity index (χ2v) is 7.31. The first-order valence-electron chi connectivity index (χ1n) is 7.12. The van der Waals surface area contributed by atoms with Gasteiger partial charge in [-0.2, -0.15) is 8.42 Å². The maximum atomic E-state index is 12.7. The molecule has 1 aromatic carbocycles. The molecule has 22 heavy (non-hydrogen) atoms. The lowest BCUT2D eigenvalue weighted by Gasteiger charge is -2.36. The molecule has 0 spiro atoms. The third-order valence-electron chi connectivity index (χ3n) is 3.76. The molecule has 1 saturated heterocycles. The van der Waals surface area contributed by atoms with E-state index in [1.165, 1.54) is 0 Å². The molecule has 3 N–H and O–H groups in total. The van der Waals surface area contributed by atoms with Crippen molar-refractivity contribution in [2.45, 2.75) is 32.2 Å². The molecule has 0 saturated carbocycles. The van der Waals surface area contributed by atoms with Crippen LogP contribution in [-0.4, -0.2) is 38.4 Å². The summed E-state index contributed by atoms with van der Waals surface area (Å²) < 4.78 is 24.4. The zero-order valence-corrected chi connectivity index (χ0v) is 14.0.